The van der Waals surface area contributed by atoms with Crippen LogP contribution in [0.2, 0.25) is 0 Å². The van der Waals surface area contributed by atoms with E-state index in [9.17, 15) is 0 Å². The lowest BCUT2D eigenvalue weighted by molar-refractivity contribution is 0.300. The van der Waals surface area contributed by atoms with Gasteiger partial charge in [0, 0.05) is 57.0 Å². The molecule has 0 saturated carbocycles. The molecule has 0 atom stereocenters. The van der Waals surface area contributed by atoms with E-state index in [-0.39, 0.29) is 0 Å². The number of aryl methyl sites for hydroxylation is 1. The molecule has 0 amide bonds. The molecule has 0 unspecified atom stereocenters. The van der Waals surface area contributed by atoms with Crippen molar-refractivity contribution in [3.63, 3.8) is 0 Å². The van der Waals surface area contributed by atoms with Crippen LogP contribution in [0.5, 0.6) is 0 Å². The van der Waals surface area contributed by atoms with Crippen LogP contribution in [0.3, 0.4) is 0 Å². The molecule has 4 nitrogen and oxygen atoms in total. The summed E-state index contributed by atoms with van der Waals surface area (Å²) in [6, 6.07) is 0. The molecule has 1 saturated heterocycles. The molecule has 0 spiro atoms. The normalized spacial score (nSPS) is 17.2. The van der Waals surface area contributed by atoms with Gasteiger partial charge in [0.15, 0.2) is 0 Å². The fourth-order valence-corrected chi connectivity index (χ4v) is 3.19. The van der Waals surface area contributed by atoms with Crippen LogP contribution in [0.25, 0.3) is 0 Å². The summed E-state index contributed by atoms with van der Waals surface area (Å²) in [6.45, 7) is 8.94. The lowest BCUT2D eigenvalue weighted by atomic mass is 10.4. The molecule has 2 rings (SSSR count). The van der Waals surface area contributed by atoms with Gasteiger partial charge in [-0.25, -0.2) is 4.98 Å². The second-order valence-electron chi connectivity index (χ2n) is 4.71. The van der Waals surface area contributed by atoms with E-state index in [4.69, 9.17) is 0 Å². The quantitative estimate of drug-likeness (QED) is 0.759. The molecule has 1 fully saturated rings. The van der Waals surface area contributed by atoms with Gasteiger partial charge in [-0.1, -0.05) is 6.92 Å². The van der Waals surface area contributed by atoms with E-state index < -0.39 is 0 Å². The van der Waals surface area contributed by atoms with Crippen LogP contribution in [0.1, 0.15) is 19.0 Å². The van der Waals surface area contributed by atoms with Crippen molar-refractivity contribution in [2.24, 2.45) is 0 Å². The second kappa shape index (κ2) is 7.81. The van der Waals surface area contributed by atoms with Crippen LogP contribution >= 0.6 is 11.8 Å². The standard InChI is InChI=1S/C13H24N4S/c1-2-4-17-12-15-11-13(17)10-14-3-5-16-6-8-18-9-7-16/h11-12,14H,2-10H2,1H3. The Labute approximate surface area is 114 Å². The Morgan fingerprint density at radius 2 is 2.17 bits per heavy atom. The van der Waals surface area contributed by atoms with Gasteiger partial charge in [0.05, 0.1) is 12.0 Å². The smallest absolute Gasteiger partial charge is 0.0948 e. The summed E-state index contributed by atoms with van der Waals surface area (Å²) in [5.74, 6) is 2.59. The predicted molar refractivity (Wildman–Crippen MR) is 78.0 cm³/mol. The second-order valence-corrected chi connectivity index (χ2v) is 5.93. The van der Waals surface area contributed by atoms with Crippen molar-refractivity contribution in [2.45, 2.75) is 26.4 Å². The summed E-state index contributed by atoms with van der Waals surface area (Å²) in [6.07, 6.45) is 5.07. The average Bonchev–Trinajstić information content (AvgIpc) is 2.84. The van der Waals surface area contributed by atoms with Crippen LogP contribution in [0, 0.1) is 0 Å². The van der Waals surface area contributed by atoms with Crippen LogP contribution in [-0.4, -0.2) is 52.1 Å². The first-order valence-electron chi connectivity index (χ1n) is 6.90. The topological polar surface area (TPSA) is 33.1 Å². The molecule has 1 N–H and O–H groups in total. The number of hydrogen-bond donors (Lipinski definition) is 1. The maximum atomic E-state index is 4.22. The van der Waals surface area contributed by atoms with E-state index in [1.807, 2.05) is 12.5 Å². The number of nitrogens with one attached hydrogen (secondary N) is 1. The van der Waals surface area contributed by atoms with Gasteiger partial charge in [0.25, 0.3) is 0 Å². The van der Waals surface area contributed by atoms with Gasteiger partial charge in [0.2, 0.25) is 0 Å². The van der Waals surface area contributed by atoms with E-state index in [2.05, 4.69) is 38.5 Å². The van der Waals surface area contributed by atoms with Gasteiger partial charge in [-0.3, -0.25) is 0 Å². The van der Waals surface area contributed by atoms with Crippen LogP contribution in [0.15, 0.2) is 12.5 Å². The highest BCUT2D eigenvalue weighted by Crippen LogP contribution is 2.08. The third kappa shape index (κ3) is 4.30. The van der Waals surface area contributed by atoms with Crippen molar-refractivity contribution in [1.29, 1.82) is 0 Å². The zero-order valence-corrected chi connectivity index (χ0v) is 12.1. The average molecular weight is 268 g/mol. The Morgan fingerprint density at radius 3 is 2.94 bits per heavy atom. The zero-order chi connectivity index (χ0) is 12.6. The van der Waals surface area contributed by atoms with Crippen molar-refractivity contribution in [3.05, 3.63) is 18.2 Å². The number of nitrogens with zero attached hydrogens (tertiary/aromatic N) is 3. The molecule has 5 heteroatoms. The number of rotatable bonds is 7. The minimum absolute atomic E-state index is 0.933. The van der Waals surface area contributed by atoms with E-state index in [0.717, 1.165) is 26.1 Å². The van der Waals surface area contributed by atoms with Crippen molar-refractivity contribution in [1.82, 2.24) is 19.8 Å². The van der Waals surface area contributed by atoms with E-state index in [1.165, 1.54) is 36.8 Å². The molecule has 1 aliphatic heterocycles. The van der Waals surface area contributed by atoms with Crippen molar-refractivity contribution < 1.29 is 0 Å². The highest BCUT2D eigenvalue weighted by molar-refractivity contribution is 7.99. The third-order valence-corrected chi connectivity index (χ3v) is 4.22. The van der Waals surface area contributed by atoms with Crippen LogP contribution in [0.4, 0.5) is 0 Å². The van der Waals surface area contributed by atoms with Gasteiger partial charge in [-0.2, -0.15) is 11.8 Å². The van der Waals surface area contributed by atoms with Crippen molar-refractivity contribution in [2.75, 3.05) is 37.7 Å². The fraction of sp³-hybridized carbons (Fsp3) is 0.769. The zero-order valence-electron chi connectivity index (χ0n) is 11.3. The highest BCUT2D eigenvalue weighted by Gasteiger charge is 2.09. The van der Waals surface area contributed by atoms with E-state index in [0.29, 0.717) is 0 Å². The summed E-state index contributed by atoms with van der Waals surface area (Å²) in [5, 5.41) is 3.52. The SMILES string of the molecule is CCCn1cncc1CNCCN1CCSCC1. The lowest BCUT2D eigenvalue weighted by Crippen LogP contribution is -2.37. The van der Waals surface area contributed by atoms with E-state index >= 15 is 0 Å². The van der Waals surface area contributed by atoms with E-state index in [1.54, 1.807) is 0 Å². The third-order valence-electron chi connectivity index (χ3n) is 3.28. The predicted octanol–water partition coefficient (Wildman–Crippen LogP) is 1.43. The molecule has 1 aromatic heterocycles. The van der Waals surface area contributed by atoms with Crippen molar-refractivity contribution >= 4 is 11.8 Å². The number of hydrogen-bond acceptors (Lipinski definition) is 4. The summed E-state index contributed by atoms with van der Waals surface area (Å²) < 4.78 is 2.24. The van der Waals surface area contributed by atoms with Gasteiger partial charge < -0.3 is 14.8 Å². The van der Waals surface area contributed by atoms with Crippen LogP contribution in [-0.2, 0) is 13.1 Å². The fourth-order valence-electron chi connectivity index (χ4n) is 2.22. The summed E-state index contributed by atoms with van der Waals surface area (Å²) >= 11 is 2.07. The van der Waals surface area contributed by atoms with Gasteiger partial charge in [-0.05, 0) is 6.42 Å². The summed E-state index contributed by atoms with van der Waals surface area (Å²) in [4.78, 5) is 6.77. The number of imidazole rings is 1. The number of thioether (sulfide) groups is 1. The molecule has 0 aromatic carbocycles. The van der Waals surface area contributed by atoms with Crippen LogP contribution < -0.4 is 5.32 Å². The lowest BCUT2D eigenvalue weighted by Gasteiger charge is -2.26. The molecule has 1 aromatic rings. The Kier molecular flexibility index (Phi) is 6.04. The highest BCUT2D eigenvalue weighted by atomic mass is 32.2. The largest absolute Gasteiger partial charge is 0.333 e. The van der Waals surface area contributed by atoms with Gasteiger partial charge in [0.1, 0.15) is 0 Å². The number of aromatic nitrogens is 2. The Bertz CT molecular complexity index is 333. The minimum atomic E-state index is 0.933. The molecule has 0 radical (unpaired) electrons. The molecular weight excluding hydrogens is 244 g/mol. The molecule has 18 heavy (non-hydrogen) atoms. The Hall–Kier alpha value is -0.520. The summed E-state index contributed by atoms with van der Waals surface area (Å²) in [7, 11) is 0. The molecule has 2 heterocycles. The first-order valence-corrected chi connectivity index (χ1v) is 8.05. The first-order chi connectivity index (χ1) is 8.90. The van der Waals surface area contributed by atoms with Crippen molar-refractivity contribution in [3.8, 4) is 0 Å². The molecule has 1 aliphatic rings. The van der Waals surface area contributed by atoms with Gasteiger partial charge in [-0.15, -0.1) is 0 Å². The molecule has 102 valence electrons. The maximum Gasteiger partial charge on any atom is 0.0948 e. The molecular formula is C13H24N4S. The molecule has 0 aliphatic carbocycles. The minimum Gasteiger partial charge on any atom is -0.333 e. The van der Waals surface area contributed by atoms with Gasteiger partial charge >= 0.3 is 0 Å². The molecule has 0 bridgehead atoms. The summed E-state index contributed by atoms with van der Waals surface area (Å²) in [5.41, 5.74) is 1.30. The monoisotopic (exact) mass is 268 g/mol. The Morgan fingerprint density at radius 1 is 1.33 bits per heavy atom. The Balaban J connectivity index is 1.63. The first kappa shape index (κ1) is 13.9. The maximum absolute atomic E-state index is 4.22.